The van der Waals surface area contributed by atoms with Crippen molar-refractivity contribution < 1.29 is 40.6 Å². The summed E-state index contributed by atoms with van der Waals surface area (Å²) in [6.07, 6.45) is -4.96. The number of anilines is 1. The van der Waals surface area contributed by atoms with Crippen molar-refractivity contribution in [3.63, 3.8) is 0 Å². The minimum atomic E-state index is -5.09. The number of sulfonamides is 1. The molecule has 0 aliphatic heterocycles. The van der Waals surface area contributed by atoms with Gasteiger partial charge in [-0.05, 0) is 18.2 Å². The topological polar surface area (TPSA) is 134 Å². The van der Waals surface area contributed by atoms with Gasteiger partial charge in [0.2, 0.25) is 0 Å². The summed E-state index contributed by atoms with van der Waals surface area (Å²) >= 11 is 0. The number of rotatable bonds is 9. The first-order valence-corrected chi connectivity index (χ1v) is 10.6. The van der Waals surface area contributed by atoms with E-state index >= 15 is 0 Å². The Morgan fingerprint density at radius 1 is 1.41 bits per heavy atom. The van der Waals surface area contributed by atoms with Crippen LogP contribution >= 0.6 is 0 Å². The third-order valence-electron chi connectivity index (χ3n) is 4.67. The SMILES string of the molecule is C=C[C@@](O)(CCOc1c(S(=O)(=O)N=C)cn(C)c1C(=O)Nc1ccc(F)c(C#N)c1)C(F)(F)F. The molecule has 2 aromatic rings. The fraction of sp³-hybridized carbons (Fsp3) is 0.250. The van der Waals surface area contributed by atoms with Crippen molar-refractivity contribution in [2.75, 3.05) is 11.9 Å². The van der Waals surface area contributed by atoms with Crippen LogP contribution in [0.15, 0.2) is 46.3 Å². The smallest absolute Gasteiger partial charge is 0.420 e. The summed E-state index contributed by atoms with van der Waals surface area (Å²) in [4.78, 5) is 12.2. The number of aryl methyl sites for hydroxylation is 1. The number of nitrogens with zero attached hydrogens (tertiary/aromatic N) is 3. The fourth-order valence-electron chi connectivity index (χ4n) is 2.78. The Bertz CT molecular complexity index is 1280. The molecule has 0 saturated heterocycles. The molecule has 2 N–H and O–H groups in total. The highest BCUT2D eigenvalue weighted by atomic mass is 32.2. The highest BCUT2D eigenvalue weighted by Crippen LogP contribution is 2.36. The Balaban J connectivity index is 2.46. The molecule has 0 unspecified atom stereocenters. The minimum absolute atomic E-state index is 0.0283. The van der Waals surface area contributed by atoms with Crippen LogP contribution < -0.4 is 10.1 Å². The van der Waals surface area contributed by atoms with Gasteiger partial charge in [-0.3, -0.25) is 4.79 Å². The maximum atomic E-state index is 13.5. The third-order valence-corrected chi connectivity index (χ3v) is 5.85. The van der Waals surface area contributed by atoms with E-state index in [2.05, 4.69) is 23.0 Å². The van der Waals surface area contributed by atoms with Crippen LogP contribution in [0.2, 0.25) is 0 Å². The van der Waals surface area contributed by atoms with Gasteiger partial charge >= 0.3 is 6.18 Å². The highest BCUT2D eigenvalue weighted by molar-refractivity contribution is 7.90. The van der Waals surface area contributed by atoms with Crippen LogP contribution in [-0.2, 0) is 17.1 Å². The second-order valence-corrected chi connectivity index (χ2v) is 8.52. The predicted molar refractivity (Wildman–Crippen MR) is 113 cm³/mol. The van der Waals surface area contributed by atoms with Crippen molar-refractivity contribution in [3.8, 4) is 11.8 Å². The molecule has 0 saturated carbocycles. The zero-order chi connectivity index (χ0) is 25.9. The number of nitrogens with one attached hydrogen (secondary N) is 1. The van der Waals surface area contributed by atoms with Gasteiger partial charge in [-0.2, -0.15) is 31.2 Å². The number of nitriles is 1. The molecule has 0 aliphatic carbocycles. The second-order valence-electron chi connectivity index (χ2n) is 6.87. The lowest BCUT2D eigenvalue weighted by Crippen LogP contribution is -2.44. The number of amides is 1. The quantitative estimate of drug-likeness (QED) is 0.308. The van der Waals surface area contributed by atoms with E-state index in [1.807, 2.05) is 0 Å². The number of benzene rings is 1. The second kappa shape index (κ2) is 9.65. The minimum Gasteiger partial charge on any atom is -0.490 e. The lowest BCUT2D eigenvalue weighted by Gasteiger charge is -2.27. The summed E-state index contributed by atoms with van der Waals surface area (Å²) in [6, 6.07) is 4.66. The number of hydrogen-bond acceptors (Lipinski definition) is 6. The molecule has 9 nitrogen and oxygen atoms in total. The molecule has 1 aromatic heterocycles. The number of aromatic nitrogens is 1. The molecule has 14 heteroatoms. The lowest BCUT2D eigenvalue weighted by atomic mass is 10.00. The molecule has 2 rings (SSSR count). The summed E-state index contributed by atoms with van der Waals surface area (Å²) in [5.41, 5.74) is -4.18. The van der Waals surface area contributed by atoms with Crippen molar-refractivity contribution in [2.45, 2.75) is 23.1 Å². The fourth-order valence-corrected chi connectivity index (χ4v) is 3.60. The van der Waals surface area contributed by atoms with Gasteiger partial charge in [0.05, 0.1) is 12.2 Å². The van der Waals surface area contributed by atoms with Gasteiger partial charge in [0.1, 0.15) is 16.8 Å². The molecule has 1 atom stereocenters. The summed E-state index contributed by atoms with van der Waals surface area (Å²) in [5.74, 6) is -2.48. The molecule has 0 fully saturated rings. The van der Waals surface area contributed by atoms with Gasteiger partial charge in [-0.1, -0.05) is 12.7 Å². The first-order valence-electron chi connectivity index (χ1n) is 9.19. The van der Waals surface area contributed by atoms with E-state index in [1.54, 1.807) is 6.07 Å². The van der Waals surface area contributed by atoms with Crippen molar-refractivity contribution in [3.05, 3.63) is 54.1 Å². The Morgan fingerprint density at radius 3 is 2.59 bits per heavy atom. The van der Waals surface area contributed by atoms with Gasteiger partial charge in [-0.15, -0.1) is 0 Å². The van der Waals surface area contributed by atoms with E-state index in [0.29, 0.717) is 0 Å². The number of carbonyl (C=O) groups is 1. The lowest BCUT2D eigenvalue weighted by molar-refractivity contribution is -0.243. The van der Waals surface area contributed by atoms with Crippen LogP contribution in [0.4, 0.5) is 23.2 Å². The molecular weight excluding hydrogens is 484 g/mol. The van der Waals surface area contributed by atoms with Crippen LogP contribution in [0.5, 0.6) is 5.75 Å². The average molecular weight is 502 g/mol. The predicted octanol–water partition coefficient (Wildman–Crippen LogP) is 2.93. The maximum absolute atomic E-state index is 13.5. The van der Waals surface area contributed by atoms with Gasteiger partial charge in [0.25, 0.3) is 15.9 Å². The largest absolute Gasteiger partial charge is 0.490 e. The number of hydrogen-bond donors (Lipinski definition) is 2. The van der Waals surface area contributed by atoms with E-state index < -0.39 is 62.9 Å². The number of carbonyl (C=O) groups excluding carboxylic acids is 1. The molecule has 1 heterocycles. The summed E-state index contributed by atoms with van der Waals surface area (Å²) in [6.45, 7) is 5.00. The first-order chi connectivity index (χ1) is 15.7. The van der Waals surface area contributed by atoms with E-state index in [0.717, 1.165) is 29.0 Å². The maximum Gasteiger partial charge on any atom is 0.420 e. The van der Waals surface area contributed by atoms with Crippen LogP contribution in [0.3, 0.4) is 0 Å². The molecule has 182 valence electrons. The Hall–Kier alpha value is -3.70. The number of alkyl halides is 3. The summed E-state index contributed by atoms with van der Waals surface area (Å²) in [7, 11) is -3.21. The molecule has 0 spiro atoms. The Morgan fingerprint density at radius 2 is 2.06 bits per heavy atom. The molecular formula is C20H18F4N4O5S. The van der Waals surface area contributed by atoms with Gasteiger partial charge in [-0.25, -0.2) is 4.39 Å². The molecule has 0 aliphatic rings. The van der Waals surface area contributed by atoms with E-state index in [9.17, 15) is 35.9 Å². The van der Waals surface area contributed by atoms with Crippen molar-refractivity contribution in [1.82, 2.24) is 4.57 Å². The average Bonchev–Trinajstić information content (AvgIpc) is 3.10. The third kappa shape index (κ3) is 5.26. The molecule has 34 heavy (non-hydrogen) atoms. The summed E-state index contributed by atoms with van der Waals surface area (Å²) in [5, 5.41) is 21.0. The van der Waals surface area contributed by atoms with Crippen molar-refractivity contribution in [1.29, 1.82) is 5.26 Å². The van der Waals surface area contributed by atoms with E-state index in [1.165, 1.54) is 7.05 Å². The van der Waals surface area contributed by atoms with Crippen molar-refractivity contribution >= 4 is 28.3 Å². The van der Waals surface area contributed by atoms with E-state index in [4.69, 9.17) is 10.00 Å². The normalized spacial score (nSPS) is 13.4. The van der Waals surface area contributed by atoms with Crippen LogP contribution in [0.25, 0.3) is 0 Å². The molecule has 1 amide bonds. The molecule has 1 aromatic carbocycles. The zero-order valence-electron chi connectivity index (χ0n) is 17.6. The molecule has 0 bridgehead atoms. The number of ether oxygens (including phenoxy) is 1. The Labute approximate surface area is 191 Å². The molecule has 0 radical (unpaired) electrons. The van der Waals surface area contributed by atoms with Crippen LogP contribution in [-0.4, -0.2) is 49.1 Å². The zero-order valence-corrected chi connectivity index (χ0v) is 18.4. The number of aliphatic hydroxyl groups is 1. The van der Waals surface area contributed by atoms with Gasteiger partial charge < -0.3 is 19.7 Å². The first kappa shape index (κ1) is 26.6. The summed E-state index contributed by atoms with van der Waals surface area (Å²) < 4.78 is 86.6. The number of halogens is 4. The van der Waals surface area contributed by atoms with Crippen LogP contribution in [0, 0.1) is 17.1 Å². The van der Waals surface area contributed by atoms with Gasteiger partial charge in [0, 0.05) is 32.1 Å². The standard InChI is InChI=1S/C20H18F4N4O5S/c1-4-19(30,20(22,23)24)7-8-33-17-15(34(31,32)26-2)11-28(3)16(17)18(29)27-13-5-6-14(21)12(9-13)10-25/h4-6,9,11,30H,1-2,7-8H2,3H3,(H,27,29)/t19-/m1/s1. The van der Waals surface area contributed by atoms with E-state index in [-0.39, 0.29) is 17.3 Å². The van der Waals surface area contributed by atoms with Crippen molar-refractivity contribution in [2.24, 2.45) is 11.4 Å². The monoisotopic (exact) mass is 502 g/mol. The highest BCUT2D eigenvalue weighted by Gasteiger charge is 2.51. The van der Waals surface area contributed by atoms with Gasteiger partial charge in [0.15, 0.2) is 17.0 Å². The Kier molecular flexibility index (Phi) is 7.54. The van der Waals surface area contributed by atoms with Crippen LogP contribution in [0.1, 0.15) is 22.5 Å².